The summed E-state index contributed by atoms with van der Waals surface area (Å²) in [5.41, 5.74) is 3.12. The molecule has 140 valence electrons. The van der Waals surface area contributed by atoms with Crippen molar-refractivity contribution in [2.75, 3.05) is 13.1 Å². The van der Waals surface area contributed by atoms with Crippen molar-refractivity contribution in [2.24, 2.45) is 5.41 Å². The van der Waals surface area contributed by atoms with Crippen molar-refractivity contribution in [3.63, 3.8) is 0 Å². The summed E-state index contributed by atoms with van der Waals surface area (Å²) in [5.74, 6) is 0. The molecule has 1 spiro atoms. The molecule has 0 radical (unpaired) electrons. The molecule has 25 heavy (non-hydrogen) atoms. The van der Waals surface area contributed by atoms with Crippen LogP contribution < -0.4 is 10.6 Å². The van der Waals surface area contributed by atoms with Gasteiger partial charge in [0.15, 0.2) is 0 Å². The fourth-order valence-corrected chi connectivity index (χ4v) is 4.98. The van der Waals surface area contributed by atoms with Crippen LogP contribution >= 0.6 is 36.2 Å². The predicted molar refractivity (Wildman–Crippen MR) is 110 cm³/mol. The number of halogens is 2. The van der Waals surface area contributed by atoms with Gasteiger partial charge in [-0.1, -0.05) is 6.07 Å². The largest absolute Gasteiger partial charge is 0.317 e. The monoisotopic (exact) mass is 402 g/mol. The van der Waals surface area contributed by atoms with E-state index in [2.05, 4.69) is 38.3 Å². The summed E-state index contributed by atoms with van der Waals surface area (Å²) >= 11 is 1.77. The van der Waals surface area contributed by atoms with Crippen molar-refractivity contribution in [3.8, 4) is 10.6 Å². The van der Waals surface area contributed by atoms with E-state index < -0.39 is 0 Å². The Hall–Kier alpha value is -0.590. The minimum Gasteiger partial charge on any atom is -0.317 e. The lowest BCUT2D eigenvalue weighted by atomic mass is 9.67. The predicted octanol–water partition coefficient (Wildman–Crippen LogP) is 4.38. The van der Waals surface area contributed by atoms with E-state index in [1.807, 2.05) is 6.20 Å². The minimum atomic E-state index is 0. The Kier molecular flexibility index (Phi) is 7.77. The summed E-state index contributed by atoms with van der Waals surface area (Å²) in [5, 5.41) is 16.8. The summed E-state index contributed by atoms with van der Waals surface area (Å²) < 4.78 is 0. The highest BCUT2D eigenvalue weighted by atomic mass is 35.5. The molecule has 3 heterocycles. The number of hydrogen-bond donors (Lipinski definition) is 3. The van der Waals surface area contributed by atoms with Gasteiger partial charge >= 0.3 is 0 Å². The third-order valence-corrected chi connectivity index (χ3v) is 6.66. The molecule has 3 N–H and O–H groups in total. The van der Waals surface area contributed by atoms with Crippen LogP contribution in [0.2, 0.25) is 0 Å². The quantitative estimate of drug-likeness (QED) is 0.710. The van der Waals surface area contributed by atoms with Gasteiger partial charge in [-0.25, -0.2) is 0 Å². The second kappa shape index (κ2) is 9.38. The summed E-state index contributed by atoms with van der Waals surface area (Å²) in [4.78, 5) is 1.27. The number of nitrogens with zero attached hydrogens (tertiary/aromatic N) is 1. The average molecular weight is 403 g/mol. The van der Waals surface area contributed by atoms with Gasteiger partial charge in [0.2, 0.25) is 0 Å². The molecular weight excluding hydrogens is 375 g/mol. The first-order valence-electron chi connectivity index (χ1n) is 8.85. The molecule has 2 aliphatic rings. The highest BCUT2D eigenvalue weighted by molar-refractivity contribution is 7.13. The van der Waals surface area contributed by atoms with Crippen LogP contribution in [-0.4, -0.2) is 29.3 Å². The molecule has 2 aromatic heterocycles. The first-order valence-corrected chi connectivity index (χ1v) is 9.73. The number of nitrogens with one attached hydrogen (secondary N) is 3. The van der Waals surface area contributed by atoms with Crippen molar-refractivity contribution in [3.05, 3.63) is 29.3 Å². The van der Waals surface area contributed by atoms with E-state index in [1.54, 1.807) is 11.3 Å². The molecule has 0 unspecified atom stereocenters. The van der Waals surface area contributed by atoms with E-state index in [9.17, 15) is 0 Å². The molecule has 0 bridgehead atoms. The fourth-order valence-electron chi connectivity index (χ4n) is 4.22. The first kappa shape index (κ1) is 20.7. The van der Waals surface area contributed by atoms with Crippen molar-refractivity contribution in [1.29, 1.82) is 0 Å². The van der Waals surface area contributed by atoms with Gasteiger partial charge < -0.3 is 10.6 Å². The van der Waals surface area contributed by atoms with Gasteiger partial charge in [0.05, 0.1) is 16.8 Å². The van der Waals surface area contributed by atoms with E-state index in [4.69, 9.17) is 0 Å². The van der Waals surface area contributed by atoms with E-state index in [1.165, 1.54) is 67.7 Å². The maximum absolute atomic E-state index is 4.24. The van der Waals surface area contributed by atoms with Crippen LogP contribution in [0.15, 0.2) is 23.7 Å². The summed E-state index contributed by atoms with van der Waals surface area (Å²) in [6.07, 6.45) is 10.2. The Morgan fingerprint density at radius 1 is 1.16 bits per heavy atom. The zero-order chi connectivity index (χ0) is 15.5. The summed E-state index contributed by atoms with van der Waals surface area (Å²) in [7, 11) is 0. The number of aromatic amines is 1. The van der Waals surface area contributed by atoms with Crippen molar-refractivity contribution in [2.45, 2.75) is 51.1 Å². The number of hydrogen-bond acceptors (Lipinski definition) is 4. The number of aromatic nitrogens is 2. The highest BCUT2D eigenvalue weighted by Crippen LogP contribution is 2.43. The van der Waals surface area contributed by atoms with E-state index in [0.717, 1.165) is 6.54 Å². The van der Waals surface area contributed by atoms with Crippen LogP contribution in [0.5, 0.6) is 0 Å². The lowest BCUT2D eigenvalue weighted by Crippen LogP contribution is -2.42. The second-order valence-corrected chi connectivity index (χ2v) is 8.10. The lowest BCUT2D eigenvalue weighted by Gasteiger charge is -2.43. The Morgan fingerprint density at radius 2 is 1.92 bits per heavy atom. The van der Waals surface area contributed by atoms with Gasteiger partial charge in [-0.3, -0.25) is 5.10 Å². The second-order valence-electron chi connectivity index (χ2n) is 7.15. The van der Waals surface area contributed by atoms with E-state index in [0.29, 0.717) is 11.5 Å². The summed E-state index contributed by atoms with van der Waals surface area (Å²) in [6.45, 7) is 3.36. The minimum absolute atomic E-state index is 0. The lowest BCUT2D eigenvalue weighted by molar-refractivity contribution is 0.115. The number of thiophene rings is 1. The fraction of sp³-hybridized carbons (Fsp3) is 0.611. The topological polar surface area (TPSA) is 52.7 Å². The molecular formula is C18H28Cl2N4S. The van der Waals surface area contributed by atoms with Crippen LogP contribution in [0.25, 0.3) is 10.6 Å². The van der Waals surface area contributed by atoms with E-state index in [-0.39, 0.29) is 24.8 Å². The standard InChI is InChI=1S/C18H26N4S.2ClH/c1-2-16(23-11-1)17-14(13-21-22-17)12-20-15-3-5-18(6-4-15)7-9-19-10-8-18;;/h1-2,11,13,15,19-20H,3-10,12H2,(H,21,22);2*1H. The highest BCUT2D eigenvalue weighted by Gasteiger charge is 2.35. The number of piperidine rings is 1. The Morgan fingerprint density at radius 3 is 2.60 bits per heavy atom. The number of H-pyrrole nitrogens is 1. The Balaban J connectivity index is 0.00000113. The first-order chi connectivity index (χ1) is 11.3. The van der Waals surface area contributed by atoms with Gasteiger partial charge in [0, 0.05) is 18.2 Å². The van der Waals surface area contributed by atoms with Crippen molar-refractivity contribution < 1.29 is 0 Å². The van der Waals surface area contributed by atoms with Gasteiger partial charge in [-0.05, 0) is 68.5 Å². The SMILES string of the molecule is Cl.Cl.c1csc(-c2[nH]ncc2CNC2CCC3(CCNCC3)CC2)c1. The molecule has 7 heteroatoms. The average Bonchev–Trinajstić information content (AvgIpc) is 3.26. The van der Waals surface area contributed by atoms with Crippen molar-refractivity contribution in [1.82, 2.24) is 20.8 Å². The Labute approximate surface area is 166 Å². The van der Waals surface area contributed by atoms with Crippen LogP contribution in [0.3, 0.4) is 0 Å². The van der Waals surface area contributed by atoms with Crippen molar-refractivity contribution >= 4 is 36.2 Å². The molecule has 4 rings (SSSR count). The van der Waals surface area contributed by atoms with Gasteiger partial charge in [0.25, 0.3) is 0 Å². The molecule has 1 aliphatic heterocycles. The molecule has 4 nitrogen and oxygen atoms in total. The zero-order valence-corrected chi connectivity index (χ0v) is 16.9. The molecule has 2 aromatic rings. The molecule has 0 atom stereocenters. The van der Waals surface area contributed by atoms with Gasteiger partial charge in [0.1, 0.15) is 0 Å². The molecule has 2 fully saturated rings. The third kappa shape index (κ3) is 4.77. The molecule has 0 aromatic carbocycles. The van der Waals surface area contributed by atoms with E-state index >= 15 is 0 Å². The van der Waals surface area contributed by atoms with Crippen LogP contribution in [0.1, 0.15) is 44.1 Å². The Bertz CT molecular complexity index is 613. The van der Waals surface area contributed by atoms with Crippen LogP contribution in [0.4, 0.5) is 0 Å². The zero-order valence-electron chi connectivity index (χ0n) is 14.4. The summed E-state index contributed by atoms with van der Waals surface area (Å²) in [6, 6.07) is 4.92. The van der Waals surface area contributed by atoms with Gasteiger partial charge in [-0.2, -0.15) is 5.10 Å². The van der Waals surface area contributed by atoms with Crippen LogP contribution in [-0.2, 0) is 6.54 Å². The molecule has 0 amide bonds. The maximum atomic E-state index is 4.24. The normalized spacial score (nSPS) is 20.0. The molecule has 1 aliphatic carbocycles. The molecule has 1 saturated heterocycles. The van der Waals surface area contributed by atoms with Gasteiger partial charge in [-0.15, -0.1) is 36.2 Å². The van der Waals surface area contributed by atoms with Crippen LogP contribution in [0, 0.1) is 5.41 Å². The smallest absolute Gasteiger partial charge is 0.0794 e. The molecule has 1 saturated carbocycles. The third-order valence-electron chi connectivity index (χ3n) is 5.78. The maximum Gasteiger partial charge on any atom is 0.0794 e. The number of rotatable bonds is 4.